The largest absolute Gasteiger partial charge is 0.389 e. The number of nitriles is 1. The first kappa shape index (κ1) is 14.8. The average molecular weight is 274 g/mol. The van der Waals surface area contributed by atoms with E-state index in [1.54, 1.807) is 6.92 Å². The molecule has 0 aliphatic heterocycles. The SMILES string of the molecule is CC(C)c1[nH+]c(NC[C@H](C)O)c(C#N)c2c1CCCC2. The highest BCUT2D eigenvalue weighted by Crippen LogP contribution is 2.31. The van der Waals surface area contributed by atoms with Crippen molar-refractivity contribution < 1.29 is 10.1 Å². The molecule has 0 spiro atoms. The van der Waals surface area contributed by atoms with Gasteiger partial charge in [-0.25, -0.2) is 4.98 Å². The van der Waals surface area contributed by atoms with Gasteiger partial charge in [-0.05, 0) is 43.7 Å². The van der Waals surface area contributed by atoms with E-state index in [0.29, 0.717) is 12.5 Å². The minimum Gasteiger partial charge on any atom is -0.389 e. The Labute approximate surface area is 120 Å². The molecule has 1 aromatic rings. The van der Waals surface area contributed by atoms with E-state index in [2.05, 4.69) is 30.2 Å². The third-order valence-electron chi connectivity index (χ3n) is 3.87. The van der Waals surface area contributed by atoms with Crippen molar-refractivity contribution in [2.75, 3.05) is 11.9 Å². The molecule has 0 radical (unpaired) electrons. The summed E-state index contributed by atoms with van der Waals surface area (Å²) in [6, 6.07) is 2.34. The van der Waals surface area contributed by atoms with Crippen LogP contribution in [0.15, 0.2) is 0 Å². The first-order valence-corrected chi connectivity index (χ1v) is 7.47. The molecule has 0 bridgehead atoms. The zero-order chi connectivity index (χ0) is 14.7. The van der Waals surface area contributed by atoms with Crippen molar-refractivity contribution in [2.45, 2.75) is 58.5 Å². The van der Waals surface area contributed by atoms with E-state index in [1.807, 2.05) is 0 Å². The number of pyridine rings is 1. The monoisotopic (exact) mass is 274 g/mol. The summed E-state index contributed by atoms with van der Waals surface area (Å²) >= 11 is 0. The molecule has 3 N–H and O–H groups in total. The summed E-state index contributed by atoms with van der Waals surface area (Å²) in [7, 11) is 0. The molecule has 1 aliphatic rings. The van der Waals surface area contributed by atoms with E-state index < -0.39 is 6.10 Å². The molecule has 0 saturated carbocycles. The lowest BCUT2D eigenvalue weighted by Crippen LogP contribution is -2.29. The summed E-state index contributed by atoms with van der Waals surface area (Å²) in [5.74, 6) is 1.17. The standard InChI is InChI=1S/C16H23N3O/c1-10(2)15-13-7-5-4-6-12(13)14(8-17)16(19-15)18-9-11(3)20/h10-11,20H,4-7,9H2,1-3H3,(H,18,19)/p+1/t11-/m0/s1. The first-order chi connectivity index (χ1) is 9.54. The van der Waals surface area contributed by atoms with Gasteiger partial charge in [0.1, 0.15) is 23.9 Å². The fourth-order valence-electron chi connectivity index (χ4n) is 2.90. The molecule has 1 atom stereocenters. The van der Waals surface area contributed by atoms with Crippen LogP contribution >= 0.6 is 0 Å². The van der Waals surface area contributed by atoms with Crippen LogP contribution in [0.1, 0.15) is 61.9 Å². The molecular formula is C16H24N3O+. The van der Waals surface area contributed by atoms with E-state index in [0.717, 1.165) is 30.6 Å². The highest BCUT2D eigenvalue weighted by atomic mass is 16.3. The van der Waals surface area contributed by atoms with Crippen molar-refractivity contribution in [1.82, 2.24) is 0 Å². The third-order valence-corrected chi connectivity index (χ3v) is 3.87. The summed E-state index contributed by atoms with van der Waals surface area (Å²) < 4.78 is 0. The summed E-state index contributed by atoms with van der Waals surface area (Å²) in [6.07, 6.45) is 3.96. The maximum atomic E-state index is 9.50. The number of aliphatic hydroxyl groups is 1. The second-order valence-corrected chi connectivity index (χ2v) is 5.95. The minimum atomic E-state index is -0.437. The Balaban J connectivity index is 2.51. The van der Waals surface area contributed by atoms with Crippen molar-refractivity contribution in [1.29, 1.82) is 5.26 Å². The van der Waals surface area contributed by atoms with Crippen molar-refractivity contribution >= 4 is 5.82 Å². The summed E-state index contributed by atoms with van der Waals surface area (Å²) in [6.45, 7) is 6.53. The van der Waals surface area contributed by atoms with Crippen LogP contribution in [0.25, 0.3) is 0 Å². The molecule has 0 amide bonds. The maximum Gasteiger partial charge on any atom is 0.290 e. The number of nitrogens with one attached hydrogen (secondary N) is 2. The van der Waals surface area contributed by atoms with Gasteiger partial charge in [0.15, 0.2) is 0 Å². The quantitative estimate of drug-likeness (QED) is 0.884. The van der Waals surface area contributed by atoms with Gasteiger partial charge in [0.05, 0.1) is 6.10 Å². The van der Waals surface area contributed by atoms with Crippen LogP contribution < -0.4 is 10.3 Å². The number of aromatic nitrogens is 1. The molecule has 4 heteroatoms. The second-order valence-electron chi connectivity index (χ2n) is 5.95. The average Bonchev–Trinajstić information content (AvgIpc) is 2.43. The number of aliphatic hydroxyl groups excluding tert-OH is 1. The lowest BCUT2D eigenvalue weighted by atomic mass is 9.85. The van der Waals surface area contributed by atoms with Gasteiger partial charge in [0.25, 0.3) is 5.82 Å². The number of rotatable bonds is 4. The molecule has 20 heavy (non-hydrogen) atoms. The lowest BCUT2D eigenvalue weighted by Gasteiger charge is -2.21. The fourth-order valence-corrected chi connectivity index (χ4v) is 2.90. The van der Waals surface area contributed by atoms with Gasteiger partial charge in [0.2, 0.25) is 0 Å². The molecule has 0 unspecified atom stereocenters. The van der Waals surface area contributed by atoms with Crippen LogP contribution in [0.5, 0.6) is 0 Å². The lowest BCUT2D eigenvalue weighted by molar-refractivity contribution is -0.377. The highest BCUT2D eigenvalue weighted by Gasteiger charge is 2.26. The van der Waals surface area contributed by atoms with Crippen LogP contribution in [0.2, 0.25) is 0 Å². The Morgan fingerprint density at radius 1 is 1.25 bits per heavy atom. The van der Waals surface area contributed by atoms with Crippen LogP contribution in [0.4, 0.5) is 5.82 Å². The van der Waals surface area contributed by atoms with Gasteiger partial charge in [0, 0.05) is 5.92 Å². The smallest absolute Gasteiger partial charge is 0.290 e. The second kappa shape index (κ2) is 6.23. The number of hydrogen-bond acceptors (Lipinski definition) is 3. The van der Waals surface area contributed by atoms with E-state index in [-0.39, 0.29) is 0 Å². The number of H-pyrrole nitrogens is 1. The predicted molar refractivity (Wildman–Crippen MR) is 78.6 cm³/mol. The zero-order valence-corrected chi connectivity index (χ0v) is 12.6. The Morgan fingerprint density at radius 2 is 1.90 bits per heavy atom. The molecule has 0 fully saturated rings. The topological polar surface area (TPSA) is 70.2 Å². The molecule has 0 saturated heterocycles. The van der Waals surface area contributed by atoms with E-state index >= 15 is 0 Å². The van der Waals surface area contributed by atoms with Gasteiger partial charge in [-0.15, -0.1) is 0 Å². The summed E-state index contributed by atoms with van der Waals surface area (Å²) in [5.41, 5.74) is 4.50. The molecule has 108 valence electrons. The first-order valence-electron chi connectivity index (χ1n) is 7.47. The predicted octanol–water partition coefficient (Wildman–Crippen LogP) is 2.17. The van der Waals surface area contributed by atoms with Crippen LogP contribution in [0, 0.1) is 11.3 Å². The number of nitrogens with zero attached hydrogens (tertiary/aromatic N) is 1. The van der Waals surface area contributed by atoms with Crippen LogP contribution in [0.3, 0.4) is 0 Å². The van der Waals surface area contributed by atoms with Crippen molar-refractivity contribution in [2.24, 2.45) is 0 Å². The highest BCUT2D eigenvalue weighted by molar-refractivity contribution is 5.56. The molecule has 2 rings (SSSR count). The molecule has 1 heterocycles. The minimum absolute atomic E-state index is 0.404. The maximum absolute atomic E-state index is 9.50. The molecule has 0 aromatic carbocycles. The molecule has 4 nitrogen and oxygen atoms in total. The Bertz CT molecular complexity index is 530. The van der Waals surface area contributed by atoms with Crippen molar-refractivity contribution in [3.05, 3.63) is 22.4 Å². The molecular weight excluding hydrogens is 250 g/mol. The van der Waals surface area contributed by atoms with Gasteiger partial charge < -0.3 is 5.11 Å². The number of fused-ring (bicyclic) bond motifs is 1. The van der Waals surface area contributed by atoms with Crippen LogP contribution in [-0.2, 0) is 12.8 Å². The van der Waals surface area contributed by atoms with E-state index in [9.17, 15) is 10.4 Å². The van der Waals surface area contributed by atoms with E-state index in [1.165, 1.54) is 23.2 Å². The number of anilines is 1. The van der Waals surface area contributed by atoms with Crippen molar-refractivity contribution in [3.63, 3.8) is 0 Å². The molecule has 1 aliphatic carbocycles. The number of aromatic amines is 1. The fraction of sp³-hybridized carbons (Fsp3) is 0.625. The van der Waals surface area contributed by atoms with Gasteiger partial charge in [-0.1, -0.05) is 13.8 Å². The summed E-state index contributed by atoms with van der Waals surface area (Å²) in [5, 5.41) is 22.1. The third kappa shape index (κ3) is 2.94. The molecule has 1 aromatic heterocycles. The van der Waals surface area contributed by atoms with Gasteiger partial charge in [-0.2, -0.15) is 5.26 Å². The Morgan fingerprint density at radius 3 is 2.45 bits per heavy atom. The Hall–Kier alpha value is -1.60. The van der Waals surface area contributed by atoms with Gasteiger partial charge >= 0.3 is 0 Å². The number of hydrogen-bond donors (Lipinski definition) is 2. The van der Waals surface area contributed by atoms with E-state index in [4.69, 9.17) is 0 Å². The van der Waals surface area contributed by atoms with Crippen molar-refractivity contribution in [3.8, 4) is 6.07 Å². The Kier molecular flexibility index (Phi) is 4.61. The normalized spacial score (nSPS) is 15.6. The van der Waals surface area contributed by atoms with Crippen LogP contribution in [-0.4, -0.2) is 17.8 Å². The summed E-state index contributed by atoms with van der Waals surface area (Å²) in [4.78, 5) is 3.40. The zero-order valence-electron chi connectivity index (χ0n) is 12.6. The van der Waals surface area contributed by atoms with Gasteiger partial charge in [-0.3, -0.25) is 5.32 Å².